The molecule has 0 aliphatic carbocycles. The Balaban J connectivity index is 1.85. The van der Waals surface area contributed by atoms with Gasteiger partial charge in [-0.05, 0) is 104 Å². The number of hydrogen-bond donors (Lipinski definition) is 2. The molecule has 0 spiro atoms. The van der Waals surface area contributed by atoms with Crippen molar-refractivity contribution in [2.45, 2.75) is 59.8 Å². The third-order valence-electron chi connectivity index (χ3n) is 5.37. The molecule has 6 nitrogen and oxygen atoms in total. The van der Waals surface area contributed by atoms with Gasteiger partial charge >= 0.3 is 0 Å². The lowest BCUT2D eigenvalue weighted by molar-refractivity contribution is 0.289. The number of oxime groups is 2. The van der Waals surface area contributed by atoms with Gasteiger partial charge in [0, 0.05) is 0 Å². The topological polar surface area (TPSA) is 83.6 Å². The number of benzene rings is 2. The van der Waals surface area contributed by atoms with Crippen LogP contribution in [0.15, 0.2) is 58.8 Å². The molecule has 6 heteroatoms. The van der Waals surface area contributed by atoms with E-state index in [2.05, 4.69) is 38.0 Å². The van der Waals surface area contributed by atoms with Crippen LogP contribution in [0.1, 0.15) is 70.9 Å². The molecule has 0 saturated carbocycles. The number of ether oxygens (including phenoxy) is 2. The van der Waals surface area contributed by atoms with Gasteiger partial charge in [0.15, 0.2) is 0 Å². The summed E-state index contributed by atoms with van der Waals surface area (Å²) in [5, 5.41) is 25.9. The van der Waals surface area contributed by atoms with Crippen LogP contribution in [0.4, 0.5) is 0 Å². The van der Waals surface area contributed by atoms with Crippen LogP contribution in [0, 0.1) is 11.8 Å². The standard InChI is InChI=1S/C27H38N2O4/c1-20(2)16-18-32-24-12-8-22(9-13-24)26(28-30)6-5-7-27(29-31)23-10-14-25(15-11-23)33-19-17-21(3)4/h8-15,20-21,30-31H,5-7,16-19H2,1-4H3. The largest absolute Gasteiger partial charge is 0.494 e. The summed E-state index contributed by atoms with van der Waals surface area (Å²) in [4.78, 5) is 0. The summed E-state index contributed by atoms with van der Waals surface area (Å²) in [5.74, 6) is 2.82. The molecule has 0 amide bonds. The van der Waals surface area contributed by atoms with Gasteiger partial charge < -0.3 is 19.9 Å². The van der Waals surface area contributed by atoms with E-state index in [-0.39, 0.29) is 0 Å². The van der Waals surface area contributed by atoms with E-state index in [1.165, 1.54) is 0 Å². The molecule has 0 aliphatic rings. The van der Waals surface area contributed by atoms with Crippen LogP contribution >= 0.6 is 0 Å². The van der Waals surface area contributed by atoms with E-state index in [0.29, 0.717) is 55.7 Å². The quantitative estimate of drug-likeness (QED) is 0.188. The van der Waals surface area contributed by atoms with Crippen LogP contribution in [-0.4, -0.2) is 35.1 Å². The summed E-state index contributed by atoms with van der Waals surface area (Å²) >= 11 is 0. The molecule has 0 aliphatic heterocycles. The number of rotatable bonds is 14. The summed E-state index contributed by atoms with van der Waals surface area (Å²) in [6.45, 7) is 10.0. The van der Waals surface area contributed by atoms with Gasteiger partial charge in [-0.1, -0.05) is 38.0 Å². The fraction of sp³-hybridized carbons (Fsp3) is 0.481. The van der Waals surface area contributed by atoms with E-state index >= 15 is 0 Å². The first-order valence-electron chi connectivity index (χ1n) is 11.8. The van der Waals surface area contributed by atoms with Crippen molar-refractivity contribution >= 4 is 11.4 Å². The van der Waals surface area contributed by atoms with Gasteiger partial charge in [0.1, 0.15) is 11.5 Å². The van der Waals surface area contributed by atoms with Crippen molar-refractivity contribution in [3.63, 3.8) is 0 Å². The lowest BCUT2D eigenvalue weighted by Gasteiger charge is -2.10. The zero-order valence-corrected chi connectivity index (χ0v) is 20.3. The van der Waals surface area contributed by atoms with Crippen molar-refractivity contribution in [3.8, 4) is 11.5 Å². The fourth-order valence-electron chi connectivity index (χ4n) is 3.24. The minimum absolute atomic E-state index is 0.555. The smallest absolute Gasteiger partial charge is 0.119 e. The number of nitrogens with zero attached hydrogens (tertiary/aromatic N) is 2. The third-order valence-corrected chi connectivity index (χ3v) is 5.37. The van der Waals surface area contributed by atoms with Crippen molar-refractivity contribution in [1.29, 1.82) is 0 Å². The lowest BCUT2D eigenvalue weighted by Crippen LogP contribution is -2.06. The SMILES string of the molecule is CC(C)CCOc1ccc(C(CCCC(=NO)c2ccc(OCCC(C)C)cc2)=NO)cc1. The molecule has 0 saturated heterocycles. The highest BCUT2D eigenvalue weighted by molar-refractivity contribution is 6.02. The molecule has 0 radical (unpaired) electrons. The molecule has 2 aromatic carbocycles. The maximum absolute atomic E-state index is 9.49. The Labute approximate surface area is 197 Å². The second-order valence-corrected chi connectivity index (χ2v) is 9.06. The average molecular weight is 455 g/mol. The van der Waals surface area contributed by atoms with Crippen LogP contribution in [-0.2, 0) is 0 Å². The zero-order chi connectivity index (χ0) is 24.1. The van der Waals surface area contributed by atoms with E-state index < -0.39 is 0 Å². The second kappa shape index (κ2) is 14.2. The molecule has 0 aromatic heterocycles. The third kappa shape index (κ3) is 9.56. The van der Waals surface area contributed by atoms with Crippen LogP contribution in [0.2, 0.25) is 0 Å². The summed E-state index contributed by atoms with van der Waals surface area (Å²) in [6, 6.07) is 15.2. The van der Waals surface area contributed by atoms with Crippen molar-refractivity contribution in [2.75, 3.05) is 13.2 Å². The van der Waals surface area contributed by atoms with E-state index in [0.717, 1.165) is 35.5 Å². The second-order valence-electron chi connectivity index (χ2n) is 9.06. The van der Waals surface area contributed by atoms with Crippen molar-refractivity contribution < 1.29 is 19.9 Å². The van der Waals surface area contributed by atoms with E-state index in [4.69, 9.17) is 9.47 Å². The first-order chi connectivity index (χ1) is 15.9. The molecule has 180 valence electrons. The van der Waals surface area contributed by atoms with Crippen molar-refractivity contribution in [1.82, 2.24) is 0 Å². The highest BCUT2D eigenvalue weighted by Crippen LogP contribution is 2.18. The molecule has 0 atom stereocenters. The minimum Gasteiger partial charge on any atom is -0.494 e. The summed E-state index contributed by atoms with van der Waals surface area (Å²) in [7, 11) is 0. The van der Waals surface area contributed by atoms with Crippen LogP contribution in [0.25, 0.3) is 0 Å². The fourth-order valence-corrected chi connectivity index (χ4v) is 3.24. The monoisotopic (exact) mass is 454 g/mol. The highest BCUT2D eigenvalue weighted by atomic mass is 16.5. The molecular formula is C27H38N2O4. The Bertz CT molecular complexity index is 798. The molecule has 33 heavy (non-hydrogen) atoms. The van der Waals surface area contributed by atoms with Crippen molar-refractivity contribution in [2.24, 2.45) is 22.1 Å². The van der Waals surface area contributed by atoms with Gasteiger partial charge in [0.2, 0.25) is 0 Å². The molecule has 0 bridgehead atoms. The maximum atomic E-state index is 9.49. The Kier molecular flexibility index (Phi) is 11.3. The summed E-state index contributed by atoms with van der Waals surface area (Å²) < 4.78 is 11.5. The molecular weight excluding hydrogens is 416 g/mol. The van der Waals surface area contributed by atoms with Gasteiger partial charge in [-0.3, -0.25) is 0 Å². The minimum atomic E-state index is 0.555. The summed E-state index contributed by atoms with van der Waals surface area (Å²) in [5.41, 5.74) is 2.88. The molecule has 0 heterocycles. The van der Waals surface area contributed by atoms with Crippen LogP contribution in [0.3, 0.4) is 0 Å². The van der Waals surface area contributed by atoms with Gasteiger partial charge in [0.25, 0.3) is 0 Å². The first-order valence-corrected chi connectivity index (χ1v) is 11.8. The molecule has 0 fully saturated rings. The normalized spacial score (nSPS) is 12.4. The maximum Gasteiger partial charge on any atom is 0.119 e. The van der Waals surface area contributed by atoms with Gasteiger partial charge in [0.05, 0.1) is 24.6 Å². The van der Waals surface area contributed by atoms with E-state index in [9.17, 15) is 10.4 Å². The Morgan fingerprint density at radius 3 is 1.33 bits per heavy atom. The van der Waals surface area contributed by atoms with E-state index in [1.807, 2.05) is 48.5 Å². The molecule has 2 N–H and O–H groups in total. The Hall–Kier alpha value is -3.02. The summed E-state index contributed by atoms with van der Waals surface area (Å²) in [6.07, 6.45) is 3.80. The van der Waals surface area contributed by atoms with Gasteiger partial charge in [-0.15, -0.1) is 0 Å². The molecule has 0 unspecified atom stereocenters. The van der Waals surface area contributed by atoms with E-state index in [1.54, 1.807) is 0 Å². The number of hydrogen-bond acceptors (Lipinski definition) is 6. The predicted octanol–water partition coefficient (Wildman–Crippen LogP) is 6.76. The predicted molar refractivity (Wildman–Crippen MR) is 133 cm³/mol. The first kappa shape index (κ1) is 26.2. The van der Waals surface area contributed by atoms with Crippen LogP contribution < -0.4 is 9.47 Å². The van der Waals surface area contributed by atoms with Gasteiger partial charge in [-0.2, -0.15) is 0 Å². The zero-order valence-electron chi connectivity index (χ0n) is 20.3. The van der Waals surface area contributed by atoms with Gasteiger partial charge in [-0.25, -0.2) is 0 Å². The average Bonchev–Trinajstić information content (AvgIpc) is 2.80. The Morgan fingerprint density at radius 2 is 1.03 bits per heavy atom. The molecule has 2 rings (SSSR count). The molecule has 2 aromatic rings. The van der Waals surface area contributed by atoms with Crippen LogP contribution in [0.5, 0.6) is 11.5 Å². The highest BCUT2D eigenvalue weighted by Gasteiger charge is 2.10. The lowest BCUT2D eigenvalue weighted by atomic mass is 10.0. The van der Waals surface area contributed by atoms with Crippen molar-refractivity contribution in [3.05, 3.63) is 59.7 Å². The Morgan fingerprint density at radius 1 is 0.667 bits per heavy atom.